The number of hydrogen-bond donors (Lipinski definition) is 2. The first-order valence-electron chi connectivity index (χ1n) is 5.37. The molecule has 0 saturated carbocycles. The normalized spacial score (nSPS) is 14.8. The Kier molecular flexibility index (Phi) is 2.22. The van der Waals surface area contributed by atoms with Gasteiger partial charge in [-0.1, -0.05) is 0 Å². The van der Waals surface area contributed by atoms with E-state index in [4.69, 9.17) is 0 Å². The molecule has 0 unspecified atom stereocenters. The molecule has 2 N–H and O–H groups in total. The molecule has 0 radical (unpaired) electrons. The molecule has 0 saturated heterocycles. The second-order valence-electron chi connectivity index (χ2n) is 3.96. The highest BCUT2D eigenvalue weighted by atomic mass is 19.1. The molecule has 0 atom stereocenters. The van der Waals surface area contributed by atoms with Gasteiger partial charge in [-0.15, -0.1) is 0 Å². The molecule has 0 fully saturated rings. The number of benzene rings is 1. The Morgan fingerprint density at radius 3 is 2.81 bits per heavy atom. The van der Waals surface area contributed by atoms with E-state index < -0.39 is 0 Å². The number of halogens is 1. The maximum atomic E-state index is 12.8. The van der Waals surface area contributed by atoms with E-state index in [1.54, 1.807) is 12.1 Å². The quantitative estimate of drug-likeness (QED) is 0.765. The van der Waals surface area contributed by atoms with Crippen LogP contribution < -0.4 is 5.32 Å². The first-order chi connectivity index (χ1) is 7.84. The monoisotopic (exact) mass is 217 g/mol. The van der Waals surface area contributed by atoms with Crippen molar-refractivity contribution in [1.29, 1.82) is 0 Å². The van der Waals surface area contributed by atoms with E-state index in [2.05, 4.69) is 15.5 Å². The molecule has 1 aliphatic rings. The third kappa shape index (κ3) is 1.51. The summed E-state index contributed by atoms with van der Waals surface area (Å²) in [6.07, 6.45) is 0.976. The molecule has 3 rings (SSSR count). The molecule has 2 heterocycles. The van der Waals surface area contributed by atoms with Crippen molar-refractivity contribution in [3.8, 4) is 11.3 Å². The van der Waals surface area contributed by atoms with Gasteiger partial charge in [0.25, 0.3) is 0 Å². The molecule has 82 valence electrons. The lowest BCUT2D eigenvalue weighted by Gasteiger charge is -2.12. The summed E-state index contributed by atoms with van der Waals surface area (Å²) < 4.78 is 12.8. The minimum atomic E-state index is -0.216. The first-order valence-corrected chi connectivity index (χ1v) is 5.37. The van der Waals surface area contributed by atoms with Crippen molar-refractivity contribution in [1.82, 2.24) is 15.5 Å². The van der Waals surface area contributed by atoms with Crippen molar-refractivity contribution in [2.75, 3.05) is 6.54 Å². The minimum absolute atomic E-state index is 0.216. The van der Waals surface area contributed by atoms with Gasteiger partial charge >= 0.3 is 0 Å². The van der Waals surface area contributed by atoms with Gasteiger partial charge in [-0.05, 0) is 24.3 Å². The molecule has 0 bridgehead atoms. The Bertz CT molecular complexity index is 501. The van der Waals surface area contributed by atoms with Crippen molar-refractivity contribution in [2.24, 2.45) is 0 Å². The first kappa shape index (κ1) is 9.54. The van der Waals surface area contributed by atoms with Crippen LogP contribution in [0.4, 0.5) is 4.39 Å². The van der Waals surface area contributed by atoms with Crippen molar-refractivity contribution in [3.05, 3.63) is 41.3 Å². The molecule has 1 aromatic heterocycles. The standard InChI is InChI=1S/C12H12FN3/c13-9-3-1-8(2-4-9)12-10-7-14-6-5-11(10)15-16-12/h1-4,14H,5-7H2,(H,15,16). The summed E-state index contributed by atoms with van der Waals surface area (Å²) in [5.41, 5.74) is 4.29. The fraction of sp³-hybridized carbons (Fsp3) is 0.250. The number of nitrogens with one attached hydrogen (secondary N) is 2. The van der Waals surface area contributed by atoms with Gasteiger partial charge in [0.2, 0.25) is 0 Å². The van der Waals surface area contributed by atoms with E-state index in [0.29, 0.717) is 0 Å². The van der Waals surface area contributed by atoms with Gasteiger partial charge < -0.3 is 5.32 Å². The Morgan fingerprint density at radius 1 is 1.19 bits per heavy atom. The summed E-state index contributed by atoms with van der Waals surface area (Å²) in [6, 6.07) is 6.46. The smallest absolute Gasteiger partial charge is 0.123 e. The summed E-state index contributed by atoms with van der Waals surface area (Å²) >= 11 is 0. The SMILES string of the molecule is Fc1ccc(-c2n[nH]c3c2CNCC3)cc1. The van der Waals surface area contributed by atoms with Crippen molar-refractivity contribution in [2.45, 2.75) is 13.0 Å². The van der Waals surface area contributed by atoms with Crippen LogP contribution >= 0.6 is 0 Å². The van der Waals surface area contributed by atoms with Crippen molar-refractivity contribution in [3.63, 3.8) is 0 Å². The highest BCUT2D eigenvalue weighted by Crippen LogP contribution is 2.25. The van der Waals surface area contributed by atoms with Gasteiger partial charge in [0.05, 0.1) is 5.69 Å². The van der Waals surface area contributed by atoms with Crippen LogP contribution in [-0.4, -0.2) is 16.7 Å². The summed E-state index contributed by atoms with van der Waals surface area (Å²) in [7, 11) is 0. The van der Waals surface area contributed by atoms with Crippen LogP contribution in [0.2, 0.25) is 0 Å². The number of rotatable bonds is 1. The average molecular weight is 217 g/mol. The van der Waals surface area contributed by atoms with E-state index in [-0.39, 0.29) is 5.82 Å². The van der Waals surface area contributed by atoms with E-state index in [9.17, 15) is 4.39 Å². The van der Waals surface area contributed by atoms with Crippen LogP contribution in [0, 0.1) is 5.82 Å². The van der Waals surface area contributed by atoms with E-state index >= 15 is 0 Å². The van der Waals surface area contributed by atoms with E-state index in [0.717, 1.165) is 30.8 Å². The number of aromatic amines is 1. The molecule has 2 aromatic rings. The summed E-state index contributed by atoms with van der Waals surface area (Å²) in [5, 5.41) is 10.7. The molecule has 0 spiro atoms. The summed E-state index contributed by atoms with van der Waals surface area (Å²) in [4.78, 5) is 0. The second-order valence-corrected chi connectivity index (χ2v) is 3.96. The maximum Gasteiger partial charge on any atom is 0.123 e. The minimum Gasteiger partial charge on any atom is -0.312 e. The fourth-order valence-electron chi connectivity index (χ4n) is 2.07. The molecule has 4 heteroatoms. The molecule has 0 aliphatic carbocycles. The van der Waals surface area contributed by atoms with Crippen molar-refractivity contribution >= 4 is 0 Å². The lowest BCUT2D eigenvalue weighted by molar-refractivity contribution is 0.628. The van der Waals surface area contributed by atoms with Crippen LogP contribution in [0.3, 0.4) is 0 Å². The van der Waals surface area contributed by atoms with Gasteiger partial charge in [-0.25, -0.2) is 4.39 Å². The van der Waals surface area contributed by atoms with Crippen LogP contribution in [0.15, 0.2) is 24.3 Å². The highest BCUT2D eigenvalue weighted by Gasteiger charge is 2.17. The number of fused-ring (bicyclic) bond motifs is 1. The molecular weight excluding hydrogens is 205 g/mol. The van der Waals surface area contributed by atoms with Gasteiger partial charge in [-0.3, -0.25) is 5.10 Å². The average Bonchev–Trinajstić information content (AvgIpc) is 2.74. The van der Waals surface area contributed by atoms with Crippen LogP contribution in [0.5, 0.6) is 0 Å². The molecule has 16 heavy (non-hydrogen) atoms. The van der Waals surface area contributed by atoms with Crippen LogP contribution in [0.25, 0.3) is 11.3 Å². The molecule has 0 amide bonds. The number of H-pyrrole nitrogens is 1. The molecule has 3 nitrogen and oxygen atoms in total. The predicted molar refractivity (Wildman–Crippen MR) is 59.4 cm³/mol. The zero-order valence-corrected chi connectivity index (χ0v) is 8.76. The summed E-state index contributed by atoms with van der Waals surface area (Å²) in [5.74, 6) is -0.216. The zero-order chi connectivity index (χ0) is 11.0. The maximum absolute atomic E-state index is 12.8. The van der Waals surface area contributed by atoms with Gasteiger partial charge in [-0.2, -0.15) is 5.10 Å². The van der Waals surface area contributed by atoms with Crippen LogP contribution in [0.1, 0.15) is 11.3 Å². The Labute approximate surface area is 92.7 Å². The lowest BCUT2D eigenvalue weighted by Crippen LogP contribution is -2.23. The van der Waals surface area contributed by atoms with Gasteiger partial charge in [0.15, 0.2) is 0 Å². The third-order valence-electron chi connectivity index (χ3n) is 2.92. The predicted octanol–water partition coefficient (Wildman–Crippen LogP) is 1.86. The van der Waals surface area contributed by atoms with Crippen LogP contribution in [-0.2, 0) is 13.0 Å². The second kappa shape index (κ2) is 3.72. The Morgan fingerprint density at radius 2 is 2.00 bits per heavy atom. The summed E-state index contributed by atoms with van der Waals surface area (Å²) in [6.45, 7) is 1.82. The Hall–Kier alpha value is -1.68. The Balaban J connectivity index is 2.06. The van der Waals surface area contributed by atoms with E-state index in [1.807, 2.05) is 0 Å². The largest absolute Gasteiger partial charge is 0.312 e. The highest BCUT2D eigenvalue weighted by molar-refractivity contribution is 5.64. The molecule has 1 aromatic carbocycles. The number of nitrogens with zero attached hydrogens (tertiary/aromatic N) is 1. The van der Waals surface area contributed by atoms with Gasteiger partial charge in [0.1, 0.15) is 5.82 Å². The number of aromatic nitrogens is 2. The third-order valence-corrected chi connectivity index (χ3v) is 2.92. The zero-order valence-electron chi connectivity index (χ0n) is 8.76. The fourth-order valence-corrected chi connectivity index (χ4v) is 2.07. The van der Waals surface area contributed by atoms with Gasteiger partial charge in [0, 0.05) is 36.3 Å². The molecular formula is C12H12FN3. The lowest BCUT2D eigenvalue weighted by atomic mass is 10.0. The number of hydrogen-bond acceptors (Lipinski definition) is 2. The van der Waals surface area contributed by atoms with Crippen molar-refractivity contribution < 1.29 is 4.39 Å². The van der Waals surface area contributed by atoms with E-state index in [1.165, 1.54) is 23.4 Å². The molecule has 1 aliphatic heterocycles. The topological polar surface area (TPSA) is 40.7 Å².